The third-order valence-corrected chi connectivity index (χ3v) is 6.66. The second-order valence-corrected chi connectivity index (χ2v) is 9.01. The number of amides is 2. The number of benzene rings is 1. The van der Waals surface area contributed by atoms with E-state index in [9.17, 15) is 18.4 Å². The van der Waals surface area contributed by atoms with Crippen molar-refractivity contribution in [3.63, 3.8) is 0 Å². The minimum Gasteiger partial charge on any atom is -0.435 e. The maximum atomic E-state index is 13.8. The van der Waals surface area contributed by atoms with E-state index in [2.05, 4.69) is 15.0 Å². The number of aromatic nitrogens is 1. The molecule has 178 valence electrons. The van der Waals surface area contributed by atoms with Crippen LogP contribution in [0.2, 0.25) is 0 Å². The van der Waals surface area contributed by atoms with Gasteiger partial charge in [0.1, 0.15) is 11.8 Å². The summed E-state index contributed by atoms with van der Waals surface area (Å²) in [6.45, 7) is -2.32. The van der Waals surface area contributed by atoms with Crippen molar-refractivity contribution in [1.82, 2.24) is 15.2 Å². The maximum absolute atomic E-state index is 13.8. The molecule has 0 unspecified atom stereocenters. The molecule has 0 bridgehead atoms. The number of nitrogens with one attached hydrogen (secondary N) is 1. The number of carbonyl (C=O) groups is 2. The molecule has 1 aliphatic heterocycles. The fourth-order valence-corrected chi connectivity index (χ4v) is 4.82. The van der Waals surface area contributed by atoms with E-state index in [0.717, 1.165) is 30.4 Å². The van der Waals surface area contributed by atoms with Crippen molar-refractivity contribution in [3.05, 3.63) is 82.3 Å². The first-order chi connectivity index (χ1) is 16.5. The second-order valence-electron chi connectivity index (χ2n) is 8.06. The molecule has 1 saturated heterocycles. The Hall–Kier alpha value is -3.33. The number of nitrogens with zero attached hydrogens (tertiary/aromatic N) is 2. The number of pyridine rings is 1. The molecule has 1 aliphatic rings. The average molecular weight is 486 g/mol. The molecular weight excluding hydrogens is 460 g/mol. The first-order valence-corrected chi connectivity index (χ1v) is 12.0. The zero-order chi connectivity index (χ0) is 23.9. The van der Waals surface area contributed by atoms with Gasteiger partial charge in [0.15, 0.2) is 0 Å². The van der Waals surface area contributed by atoms with Crippen molar-refractivity contribution in [3.8, 4) is 5.75 Å². The molecule has 2 atom stereocenters. The van der Waals surface area contributed by atoms with Gasteiger partial charge in [0.05, 0.1) is 10.9 Å². The second kappa shape index (κ2) is 11.2. The van der Waals surface area contributed by atoms with E-state index in [-0.39, 0.29) is 30.0 Å². The number of ether oxygens (including phenoxy) is 1. The average Bonchev–Trinajstić information content (AvgIpc) is 3.40. The molecule has 1 aromatic carbocycles. The third-order valence-electron chi connectivity index (χ3n) is 5.79. The number of rotatable bonds is 8. The first kappa shape index (κ1) is 23.8. The molecule has 9 heteroatoms. The number of thiophene rings is 1. The van der Waals surface area contributed by atoms with Crippen LogP contribution in [0.1, 0.15) is 46.1 Å². The van der Waals surface area contributed by atoms with Crippen molar-refractivity contribution in [2.75, 3.05) is 6.54 Å². The summed E-state index contributed by atoms with van der Waals surface area (Å²) in [6, 6.07) is 12.5. The lowest BCUT2D eigenvalue weighted by molar-refractivity contribution is -0.137. The molecule has 1 N–H and O–H groups in total. The number of piperidine rings is 1. The molecule has 0 aliphatic carbocycles. The van der Waals surface area contributed by atoms with Crippen LogP contribution in [0.25, 0.3) is 0 Å². The van der Waals surface area contributed by atoms with Crippen LogP contribution in [0.15, 0.2) is 66.3 Å². The van der Waals surface area contributed by atoms with Crippen LogP contribution in [0.5, 0.6) is 5.75 Å². The summed E-state index contributed by atoms with van der Waals surface area (Å²) < 4.78 is 29.4. The van der Waals surface area contributed by atoms with Gasteiger partial charge in [-0.2, -0.15) is 8.78 Å². The smallest absolute Gasteiger partial charge is 0.387 e. The summed E-state index contributed by atoms with van der Waals surface area (Å²) in [5.74, 6) is -0.454. The lowest BCUT2D eigenvalue weighted by Crippen LogP contribution is -2.51. The fourth-order valence-electron chi connectivity index (χ4n) is 4.20. The van der Waals surface area contributed by atoms with Crippen LogP contribution in [0, 0.1) is 0 Å². The van der Waals surface area contributed by atoms with Gasteiger partial charge in [-0.15, -0.1) is 11.3 Å². The van der Waals surface area contributed by atoms with Gasteiger partial charge in [0.2, 0.25) is 5.91 Å². The van der Waals surface area contributed by atoms with Crippen LogP contribution in [0.3, 0.4) is 0 Å². The number of likely N-dealkylation sites (tertiary alicyclic amines) is 1. The Morgan fingerprint density at radius 3 is 2.65 bits per heavy atom. The van der Waals surface area contributed by atoms with Crippen molar-refractivity contribution in [2.24, 2.45) is 0 Å². The highest BCUT2D eigenvalue weighted by molar-refractivity contribution is 7.12. The normalized spacial score (nSPS) is 16.8. The van der Waals surface area contributed by atoms with Crippen molar-refractivity contribution in [2.45, 2.75) is 44.4 Å². The Morgan fingerprint density at radius 1 is 1.15 bits per heavy atom. The summed E-state index contributed by atoms with van der Waals surface area (Å²) in [5.41, 5.74) is 1.69. The van der Waals surface area contributed by atoms with E-state index in [1.54, 1.807) is 42.0 Å². The molecule has 2 aromatic heterocycles. The Morgan fingerprint density at radius 2 is 1.97 bits per heavy atom. The standard InChI is InChI=1S/C25H25F2N3O3S/c26-25(27)33-19-10-8-17(9-11-19)15-20(29-23(31)22-7-4-14-34-22)24(32)30-13-2-1-6-21(30)18-5-3-12-28-16-18/h3-5,7-12,14,16,20-21,25H,1-2,6,13,15H2,(H,29,31)/t20-,21+/m0/s1. The number of hydrogen-bond donors (Lipinski definition) is 1. The Bertz CT molecular complexity index is 1080. The van der Waals surface area contributed by atoms with Crippen molar-refractivity contribution >= 4 is 23.2 Å². The van der Waals surface area contributed by atoms with E-state index >= 15 is 0 Å². The summed E-state index contributed by atoms with van der Waals surface area (Å²) >= 11 is 1.30. The highest BCUT2D eigenvalue weighted by Gasteiger charge is 2.33. The molecule has 0 radical (unpaired) electrons. The van der Waals surface area contributed by atoms with Crippen molar-refractivity contribution in [1.29, 1.82) is 0 Å². The maximum Gasteiger partial charge on any atom is 0.387 e. The van der Waals surface area contributed by atoms with Gasteiger partial charge in [-0.05, 0) is 60.0 Å². The van der Waals surface area contributed by atoms with Crippen LogP contribution in [-0.4, -0.2) is 40.9 Å². The summed E-state index contributed by atoms with van der Waals surface area (Å²) in [6.07, 6.45) is 6.40. The van der Waals surface area contributed by atoms with Crippen molar-refractivity contribution < 1.29 is 23.1 Å². The van der Waals surface area contributed by atoms with Gasteiger partial charge in [0, 0.05) is 25.4 Å². The Kier molecular flexibility index (Phi) is 7.84. The summed E-state index contributed by atoms with van der Waals surface area (Å²) in [7, 11) is 0. The minimum absolute atomic E-state index is 0.0388. The highest BCUT2D eigenvalue weighted by atomic mass is 32.1. The van der Waals surface area contributed by atoms with Gasteiger partial charge in [-0.25, -0.2) is 0 Å². The van der Waals surface area contributed by atoms with E-state index < -0.39 is 12.7 Å². The molecule has 34 heavy (non-hydrogen) atoms. The van der Waals surface area contributed by atoms with Gasteiger partial charge in [-0.1, -0.05) is 24.3 Å². The molecule has 4 rings (SSSR count). The molecule has 3 heterocycles. The van der Waals surface area contributed by atoms with E-state index in [1.807, 2.05) is 17.0 Å². The molecule has 0 saturated carbocycles. The largest absolute Gasteiger partial charge is 0.435 e. The Labute approximate surface area is 200 Å². The highest BCUT2D eigenvalue weighted by Crippen LogP contribution is 2.31. The Balaban J connectivity index is 1.57. The van der Waals surface area contributed by atoms with Gasteiger partial charge < -0.3 is 15.0 Å². The molecular formula is C25H25F2N3O3S. The monoisotopic (exact) mass is 485 g/mol. The van der Waals surface area contributed by atoms with Gasteiger partial charge in [-0.3, -0.25) is 14.6 Å². The van der Waals surface area contributed by atoms with Crippen LogP contribution in [0.4, 0.5) is 8.78 Å². The van der Waals surface area contributed by atoms with Crippen LogP contribution >= 0.6 is 11.3 Å². The molecule has 6 nitrogen and oxygen atoms in total. The van der Waals surface area contributed by atoms with E-state index in [1.165, 1.54) is 23.5 Å². The van der Waals surface area contributed by atoms with Crippen LogP contribution < -0.4 is 10.1 Å². The molecule has 1 fully saturated rings. The third kappa shape index (κ3) is 5.96. The first-order valence-electron chi connectivity index (χ1n) is 11.1. The van der Waals surface area contributed by atoms with Gasteiger partial charge in [0.25, 0.3) is 5.91 Å². The van der Waals surface area contributed by atoms with E-state index in [0.29, 0.717) is 11.4 Å². The zero-order valence-corrected chi connectivity index (χ0v) is 19.2. The summed E-state index contributed by atoms with van der Waals surface area (Å²) in [4.78, 5) is 33.2. The number of carbonyl (C=O) groups excluding carboxylic acids is 2. The molecule has 2 amide bonds. The SMILES string of the molecule is O=C(N[C@@H](Cc1ccc(OC(F)F)cc1)C(=O)N1CCCC[C@@H]1c1cccnc1)c1cccs1. The van der Waals surface area contributed by atoms with Gasteiger partial charge >= 0.3 is 6.61 Å². The number of alkyl halides is 2. The lowest BCUT2D eigenvalue weighted by atomic mass is 9.94. The fraction of sp³-hybridized carbons (Fsp3) is 0.320. The molecule has 0 spiro atoms. The lowest BCUT2D eigenvalue weighted by Gasteiger charge is -2.38. The number of hydrogen-bond acceptors (Lipinski definition) is 5. The van der Waals surface area contributed by atoms with E-state index in [4.69, 9.17) is 0 Å². The van der Waals surface area contributed by atoms with Crippen LogP contribution in [-0.2, 0) is 11.2 Å². The summed E-state index contributed by atoms with van der Waals surface area (Å²) in [5, 5.41) is 4.70. The molecule has 3 aromatic rings. The predicted octanol–water partition coefficient (Wildman–Crippen LogP) is 4.84. The number of halogens is 2. The predicted molar refractivity (Wildman–Crippen MR) is 125 cm³/mol. The zero-order valence-electron chi connectivity index (χ0n) is 18.4. The topological polar surface area (TPSA) is 71.5 Å². The minimum atomic E-state index is -2.91. The quantitative estimate of drug-likeness (QED) is 0.496.